The highest BCUT2D eigenvalue weighted by atomic mass is 35.5. The molecule has 3 rings (SSSR count). The molecule has 1 atom stereocenters. The number of fused-ring (bicyclic) bond motifs is 1. The lowest BCUT2D eigenvalue weighted by atomic mass is 10.0. The molecular weight excluding hydrogens is 300 g/mol. The Morgan fingerprint density at radius 3 is 2.77 bits per heavy atom. The van der Waals surface area contributed by atoms with Gasteiger partial charge in [-0.05, 0) is 56.9 Å². The summed E-state index contributed by atoms with van der Waals surface area (Å²) in [6.45, 7) is 7.10. The molecule has 5 heteroatoms. The quantitative estimate of drug-likeness (QED) is 0.905. The van der Waals surface area contributed by atoms with E-state index >= 15 is 0 Å². The Morgan fingerprint density at radius 1 is 1.36 bits per heavy atom. The lowest BCUT2D eigenvalue weighted by Gasteiger charge is -2.41. The van der Waals surface area contributed by atoms with Crippen molar-refractivity contribution < 1.29 is 9.53 Å². The van der Waals surface area contributed by atoms with Crippen molar-refractivity contribution in [2.24, 2.45) is 0 Å². The minimum absolute atomic E-state index is 0.218. The molecular formula is C17H23ClN2O2. The summed E-state index contributed by atoms with van der Waals surface area (Å²) in [4.78, 5) is 13.7. The van der Waals surface area contributed by atoms with E-state index in [0.717, 1.165) is 17.9 Å². The fourth-order valence-electron chi connectivity index (χ4n) is 3.10. The number of carbonyl (C=O) groups is 1. The summed E-state index contributed by atoms with van der Waals surface area (Å²) in [6.07, 6.45) is 1.94. The van der Waals surface area contributed by atoms with Gasteiger partial charge >= 0.3 is 6.09 Å². The smallest absolute Gasteiger partial charge is 0.410 e. The summed E-state index contributed by atoms with van der Waals surface area (Å²) < 4.78 is 5.37. The maximum Gasteiger partial charge on any atom is 0.410 e. The molecule has 1 fully saturated rings. The van der Waals surface area contributed by atoms with E-state index < -0.39 is 5.60 Å². The molecule has 0 aromatic heterocycles. The second-order valence-corrected chi connectivity index (χ2v) is 7.62. The second-order valence-electron chi connectivity index (χ2n) is 7.18. The molecule has 0 saturated carbocycles. The lowest BCUT2D eigenvalue weighted by Crippen LogP contribution is -2.60. The fourth-order valence-corrected chi connectivity index (χ4v) is 3.30. The Hall–Kier alpha value is -1.26. The van der Waals surface area contributed by atoms with Crippen LogP contribution < -0.4 is 5.32 Å². The molecule has 0 bridgehead atoms. The summed E-state index contributed by atoms with van der Waals surface area (Å²) in [5.41, 5.74) is 2.26. The topological polar surface area (TPSA) is 41.6 Å². The number of carbonyl (C=O) groups excluding carboxylic acids is 1. The predicted molar refractivity (Wildman–Crippen MR) is 87.2 cm³/mol. The number of benzene rings is 1. The lowest BCUT2D eigenvalue weighted by molar-refractivity contribution is 0.00415. The molecule has 1 N–H and O–H groups in total. The van der Waals surface area contributed by atoms with Crippen LogP contribution in [0.1, 0.15) is 44.4 Å². The van der Waals surface area contributed by atoms with E-state index in [1.807, 2.05) is 26.8 Å². The van der Waals surface area contributed by atoms with Gasteiger partial charge in [0.2, 0.25) is 0 Å². The van der Waals surface area contributed by atoms with E-state index in [9.17, 15) is 4.79 Å². The molecule has 1 aromatic rings. The van der Waals surface area contributed by atoms with Gasteiger partial charge in [0.25, 0.3) is 0 Å². The van der Waals surface area contributed by atoms with Crippen LogP contribution in [-0.4, -0.2) is 35.7 Å². The van der Waals surface area contributed by atoms with Crippen molar-refractivity contribution in [1.29, 1.82) is 0 Å². The first-order chi connectivity index (χ1) is 10.3. The van der Waals surface area contributed by atoms with Crippen molar-refractivity contribution >= 4 is 17.7 Å². The van der Waals surface area contributed by atoms with Gasteiger partial charge in [0.05, 0.1) is 0 Å². The Balaban J connectivity index is 1.51. The number of amides is 1. The molecule has 2 aliphatic rings. The standard InChI is InChI=1S/C17H23ClN2O2/c1-17(2,3)22-16(21)20-9-13(10-20)19-15-7-4-11-8-12(18)5-6-14(11)15/h5-6,8,13,15,19H,4,7,9-10H2,1-3H3. The molecule has 1 aromatic carbocycles. The van der Waals surface area contributed by atoms with Crippen molar-refractivity contribution in [2.45, 2.75) is 51.3 Å². The van der Waals surface area contributed by atoms with Crippen molar-refractivity contribution in [3.8, 4) is 0 Å². The Morgan fingerprint density at radius 2 is 2.09 bits per heavy atom. The zero-order valence-electron chi connectivity index (χ0n) is 13.4. The number of hydrogen-bond donors (Lipinski definition) is 1. The van der Waals surface area contributed by atoms with Crippen LogP contribution in [0.5, 0.6) is 0 Å². The third-order valence-electron chi connectivity index (χ3n) is 4.15. The summed E-state index contributed by atoms with van der Waals surface area (Å²) in [5.74, 6) is 0. The van der Waals surface area contributed by atoms with Gasteiger partial charge in [0, 0.05) is 30.2 Å². The highest BCUT2D eigenvalue weighted by Crippen LogP contribution is 2.33. The Labute approximate surface area is 136 Å². The van der Waals surface area contributed by atoms with Crippen molar-refractivity contribution in [1.82, 2.24) is 10.2 Å². The molecule has 1 heterocycles. The van der Waals surface area contributed by atoms with E-state index in [0.29, 0.717) is 25.2 Å². The average molecular weight is 323 g/mol. The fraction of sp³-hybridized carbons (Fsp3) is 0.588. The number of nitrogens with one attached hydrogen (secondary N) is 1. The zero-order valence-corrected chi connectivity index (χ0v) is 14.1. The molecule has 1 aliphatic carbocycles. The van der Waals surface area contributed by atoms with Gasteiger partial charge in [0.1, 0.15) is 5.60 Å². The summed E-state index contributed by atoms with van der Waals surface area (Å²) >= 11 is 6.04. The van der Waals surface area contributed by atoms with Gasteiger partial charge in [0.15, 0.2) is 0 Å². The molecule has 1 aliphatic heterocycles. The van der Waals surface area contributed by atoms with Crippen LogP contribution in [-0.2, 0) is 11.2 Å². The number of aryl methyl sites for hydroxylation is 1. The van der Waals surface area contributed by atoms with E-state index in [-0.39, 0.29) is 6.09 Å². The highest BCUT2D eigenvalue weighted by Gasteiger charge is 2.36. The number of rotatable bonds is 2. The second kappa shape index (κ2) is 5.74. The van der Waals surface area contributed by atoms with Gasteiger partial charge in [-0.15, -0.1) is 0 Å². The van der Waals surface area contributed by atoms with Gasteiger partial charge < -0.3 is 15.0 Å². The van der Waals surface area contributed by atoms with E-state index in [4.69, 9.17) is 16.3 Å². The molecule has 0 radical (unpaired) electrons. The number of likely N-dealkylation sites (tertiary alicyclic amines) is 1. The first kappa shape index (κ1) is 15.6. The third kappa shape index (κ3) is 3.39. The van der Waals surface area contributed by atoms with Crippen LogP contribution in [0.3, 0.4) is 0 Å². The minimum atomic E-state index is -0.431. The average Bonchev–Trinajstić information content (AvgIpc) is 2.73. The van der Waals surface area contributed by atoms with Gasteiger partial charge in [-0.2, -0.15) is 0 Å². The van der Waals surface area contributed by atoms with Crippen LogP contribution in [0.4, 0.5) is 4.79 Å². The zero-order chi connectivity index (χ0) is 15.9. The molecule has 0 spiro atoms. The van der Waals surface area contributed by atoms with Gasteiger partial charge in [-0.25, -0.2) is 4.79 Å². The van der Waals surface area contributed by atoms with Crippen LogP contribution in [0.15, 0.2) is 18.2 Å². The van der Waals surface area contributed by atoms with Crippen molar-refractivity contribution in [3.63, 3.8) is 0 Å². The minimum Gasteiger partial charge on any atom is -0.444 e. The van der Waals surface area contributed by atoms with Crippen LogP contribution in [0.2, 0.25) is 5.02 Å². The van der Waals surface area contributed by atoms with Gasteiger partial charge in [-0.3, -0.25) is 0 Å². The summed E-state index contributed by atoms with van der Waals surface area (Å²) in [5, 5.41) is 4.45. The van der Waals surface area contributed by atoms with Crippen molar-refractivity contribution in [3.05, 3.63) is 34.3 Å². The molecule has 22 heavy (non-hydrogen) atoms. The Bertz CT molecular complexity index is 577. The molecule has 1 saturated heterocycles. The summed E-state index contributed by atoms with van der Waals surface area (Å²) in [7, 11) is 0. The number of hydrogen-bond acceptors (Lipinski definition) is 3. The number of ether oxygens (including phenoxy) is 1. The Kier molecular flexibility index (Phi) is 4.08. The molecule has 4 nitrogen and oxygen atoms in total. The predicted octanol–water partition coefficient (Wildman–Crippen LogP) is 3.54. The number of nitrogens with zero attached hydrogens (tertiary/aromatic N) is 1. The molecule has 120 valence electrons. The van der Waals surface area contributed by atoms with Crippen LogP contribution >= 0.6 is 11.6 Å². The summed E-state index contributed by atoms with van der Waals surface area (Å²) in [6, 6.07) is 6.85. The van der Waals surface area contributed by atoms with Crippen molar-refractivity contribution in [2.75, 3.05) is 13.1 Å². The van der Waals surface area contributed by atoms with Crippen LogP contribution in [0.25, 0.3) is 0 Å². The molecule has 1 unspecified atom stereocenters. The number of halogens is 1. The monoisotopic (exact) mass is 322 g/mol. The third-order valence-corrected chi connectivity index (χ3v) is 4.39. The highest BCUT2D eigenvalue weighted by molar-refractivity contribution is 6.30. The van der Waals surface area contributed by atoms with Gasteiger partial charge in [-0.1, -0.05) is 17.7 Å². The normalized spacial score (nSPS) is 21.5. The SMILES string of the molecule is CC(C)(C)OC(=O)N1CC(NC2CCc3cc(Cl)ccc32)C1. The molecule has 1 amide bonds. The maximum absolute atomic E-state index is 11.9. The van der Waals surface area contributed by atoms with E-state index in [1.54, 1.807) is 4.90 Å². The largest absolute Gasteiger partial charge is 0.444 e. The van der Waals surface area contributed by atoms with Crippen LogP contribution in [0, 0.1) is 0 Å². The van der Waals surface area contributed by atoms with E-state index in [1.165, 1.54) is 11.1 Å². The maximum atomic E-state index is 11.9. The first-order valence-electron chi connectivity index (χ1n) is 7.84. The first-order valence-corrected chi connectivity index (χ1v) is 8.22. The van der Waals surface area contributed by atoms with E-state index in [2.05, 4.69) is 17.4 Å².